The fourth-order valence-corrected chi connectivity index (χ4v) is 2.80. The number of primary amides is 1. The highest BCUT2D eigenvalue weighted by Gasteiger charge is 2.20. The van der Waals surface area contributed by atoms with Gasteiger partial charge in [-0.25, -0.2) is 4.99 Å². The number of nitrogens with one attached hydrogen (secondary N) is 2. The summed E-state index contributed by atoms with van der Waals surface area (Å²) < 4.78 is 5.33. The maximum atomic E-state index is 11.0. The van der Waals surface area contributed by atoms with Crippen LogP contribution in [0.4, 0.5) is 0 Å². The smallest absolute Gasteiger partial charge is 0.231 e. The first-order valence-electron chi connectivity index (χ1n) is 8.99. The Morgan fingerprint density at radius 2 is 2.20 bits per heavy atom. The summed E-state index contributed by atoms with van der Waals surface area (Å²) in [5, 5.41) is 10.8. The van der Waals surface area contributed by atoms with E-state index in [1.165, 1.54) is 0 Å². The third kappa shape index (κ3) is 6.38. The highest BCUT2D eigenvalue weighted by atomic mass is 16.5. The summed E-state index contributed by atoms with van der Waals surface area (Å²) in [6, 6.07) is 2.29. The Morgan fingerprint density at radius 1 is 1.48 bits per heavy atom. The number of guanidine groups is 1. The minimum atomic E-state index is -0.269. The van der Waals surface area contributed by atoms with Crippen molar-refractivity contribution in [1.82, 2.24) is 20.7 Å². The van der Waals surface area contributed by atoms with Crippen LogP contribution in [0, 0.1) is 0 Å². The quantitative estimate of drug-likeness (QED) is 0.496. The van der Waals surface area contributed by atoms with Gasteiger partial charge >= 0.3 is 0 Å². The Kier molecular flexibility index (Phi) is 7.24. The van der Waals surface area contributed by atoms with Crippen LogP contribution in [0.2, 0.25) is 0 Å². The summed E-state index contributed by atoms with van der Waals surface area (Å²) >= 11 is 0. The van der Waals surface area contributed by atoms with Gasteiger partial charge in [0, 0.05) is 31.7 Å². The van der Waals surface area contributed by atoms with Crippen molar-refractivity contribution in [2.75, 3.05) is 26.2 Å². The second kappa shape index (κ2) is 9.41. The van der Waals surface area contributed by atoms with Crippen LogP contribution >= 0.6 is 0 Å². The Balaban J connectivity index is 1.86. The third-order valence-electron chi connectivity index (χ3n) is 4.21. The molecule has 8 nitrogen and oxygen atoms in total. The first kappa shape index (κ1) is 19.2. The largest absolute Gasteiger partial charge is 0.369 e. The van der Waals surface area contributed by atoms with Crippen molar-refractivity contribution in [3.63, 3.8) is 0 Å². The molecule has 0 atom stereocenters. The van der Waals surface area contributed by atoms with E-state index in [-0.39, 0.29) is 5.91 Å². The molecule has 2 rings (SSSR count). The summed E-state index contributed by atoms with van der Waals surface area (Å²) in [7, 11) is 0. The zero-order chi connectivity index (χ0) is 18.2. The van der Waals surface area contributed by atoms with Crippen molar-refractivity contribution in [3.8, 4) is 0 Å². The number of carbonyl (C=O) groups is 1. The average molecular weight is 350 g/mol. The Hall–Kier alpha value is -2.09. The molecule has 1 aromatic rings. The molecule has 25 heavy (non-hydrogen) atoms. The van der Waals surface area contributed by atoms with Crippen molar-refractivity contribution in [2.24, 2.45) is 10.7 Å². The van der Waals surface area contributed by atoms with Gasteiger partial charge in [0.2, 0.25) is 5.91 Å². The molecule has 1 fully saturated rings. The summed E-state index contributed by atoms with van der Waals surface area (Å²) in [6.45, 7) is 9.51. The minimum Gasteiger partial charge on any atom is -0.369 e. The van der Waals surface area contributed by atoms with Crippen LogP contribution in [0.1, 0.15) is 51.0 Å². The van der Waals surface area contributed by atoms with E-state index in [4.69, 9.17) is 10.3 Å². The van der Waals surface area contributed by atoms with Gasteiger partial charge in [-0.3, -0.25) is 9.69 Å². The molecule has 0 saturated carbocycles. The average Bonchev–Trinajstić information content (AvgIpc) is 3.03. The molecule has 0 unspecified atom stereocenters. The number of hydrogen-bond donors (Lipinski definition) is 3. The molecule has 0 radical (unpaired) electrons. The molecular weight excluding hydrogens is 320 g/mol. The van der Waals surface area contributed by atoms with E-state index in [1.54, 1.807) is 0 Å². The molecule has 1 aromatic heterocycles. The fourth-order valence-electron chi connectivity index (χ4n) is 2.80. The molecule has 1 aliphatic rings. The van der Waals surface area contributed by atoms with Gasteiger partial charge in [0.1, 0.15) is 6.54 Å². The van der Waals surface area contributed by atoms with Gasteiger partial charge in [0.15, 0.2) is 11.7 Å². The molecular formula is C17H30N6O2. The molecule has 2 heterocycles. The number of aromatic nitrogens is 1. The van der Waals surface area contributed by atoms with Crippen LogP contribution in [-0.2, 0) is 11.3 Å². The number of amides is 1. The number of piperidine rings is 1. The fraction of sp³-hybridized carbons (Fsp3) is 0.706. The first-order valence-corrected chi connectivity index (χ1v) is 8.99. The normalized spacial score (nSPS) is 17.0. The van der Waals surface area contributed by atoms with Crippen LogP contribution in [-0.4, -0.2) is 54.1 Å². The molecule has 0 bridgehead atoms. The number of nitrogens with two attached hydrogens (primary N) is 1. The van der Waals surface area contributed by atoms with Crippen molar-refractivity contribution in [1.29, 1.82) is 0 Å². The summed E-state index contributed by atoms with van der Waals surface area (Å²) in [5.74, 6) is 1.61. The van der Waals surface area contributed by atoms with Crippen LogP contribution in [0.5, 0.6) is 0 Å². The Bertz CT molecular complexity index is 575. The van der Waals surface area contributed by atoms with Gasteiger partial charge in [0.25, 0.3) is 0 Å². The van der Waals surface area contributed by atoms with Gasteiger partial charge in [-0.2, -0.15) is 0 Å². The van der Waals surface area contributed by atoms with E-state index in [0.29, 0.717) is 25.0 Å². The summed E-state index contributed by atoms with van der Waals surface area (Å²) in [4.78, 5) is 17.7. The van der Waals surface area contributed by atoms with Crippen molar-refractivity contribution < 1.29 is 9.32 Å². The van der Waals surface area contributed by atoms with E-state index in [0.717, 1.165) is 49.9 Å². The van der Waals surface area contributed by atoms with Crippen LogP contribution in [0.25, 0.3) is 0 Å². The van der Waals surface area contributed by atoms with Crippen LogP contribution in [0.15, 0.2) is 15.6 Å². The van der Waals surface area contributed by atoms with Crippen molar-refractivity contribution in [3.05, 3.63) is 17.5 Å². The summed E-state index contributed by atoms with van der Waals surface area (Å²) in [5.41, 5.74) is 6.20. The van der Waals surface area contributed by atoms with Crippen LogP contribution < -0.4 is 16.4 Å². The molecule has 0 aliphatic carbocycles. The SMILES string of the molecule is CCNC(=NCc1cc(C(C)C)no1)NC1CCN(CC(N)=O)CC1. The number of hydrogen-bond acceptors (Lipinski definition) is 5. The van der Waals surface area contributed by atoms with E-state index in [2.05, 4.69) is 39.5 Å². The van der Waals surface area contributed by atoms with Crippen molar-refractivity contribution >= 4 is 11.9 Å². The number of aliphatic imine (C=N–C) groups is 1. The molecule has 1 amide bonds. The number of carbonyl (C=O) groups excluding carboxylic acids is 1. The van der Waals surface area contributed by atoms with Gasteiger partial charge in [-0.1, -0.05) is 19.0 Å². The molecule has 8 heteroatoms. The Morgan fingerprint density at radius 3 is 2.76 bits per heavy atom. The zero-order valence-electron chi connectivity index (χ0n) is 15.4. The van der Waals surface area contributed by atoms with E-state index in [1.807, 2.05) is 13.0 Å². The monoisotopic (exact) mass is 350 g/mol. The van der Waals surface area contributed by atoms with Crippen LogP contribution in [0.3, 0.4) is 0 Å². The Labute approximate surface area is 149 Å². The van der Waals surface area contributed by atoms with Gasteiger partial charge < -0.3 is 20.9 Å². The summed E-state index contributed by atoms with van der Waals surface area (Å²) in [6.07, 6.45) is 1.91. The molecule has 1 aliphatic heterocycles. The van der Waals surface area contributed by atoms with E-state index in [9.17, 15) is 4.79 Å². The van der Waals surface area contributed by atoms with E-state index < -0.39 is 0 Å². The van der Waals surface area contributed by atoms with Gasteiger partial charge in [-0.05, 0) is 25.7 Å². The third-order valence-corrected chi connectivity index (χ3v) is 4.21. The topological polar surface area (TPSA) is 109 Å². The zero-order valence-corrected chi connectivity index (χ0v) is 15.4. The van der Waals surface area contributed by atoms with E-state index >= 15 is 0 Å². The highest BCUT2D eigenvalue weighted by Crippen LogP contribution is 2.14. The molecule has 0 spiro atoms. The van der Waals surface area contributed by atoms with Gasteiger partial charge in [-0.15, -0.1) is 0 Å². The lowest BCUT2D eigenvalue weighted by molar-refractivity contribution is -0.119. The maximum absolute atomic E-state index is 11.0. The number of rotatable bonds is 7. The first-order chi connectivity index (χ1) is 12.0. The lowest BCUT2D eigenvalue weighted by Gasteiger charge is -2.32. The second-order valence-electron chi connectivity index (χ2n) is 6.73. The van der Waals surface area contributed by atoms with Crippen molar-refractivity contribution in [2.45, 2.75) is 52.1 Å². The predicted molar refractivity (Wildman–Crippen MR) is 97.2 cm³/mol. The number of likely N-dealkylation sites (tertiary alicyclic amines) is 1. The maximum Gasteiger partial charge on any atom is 0.231 e. The molecule has 140 valence electrons. The lowest BCUT2D eigenvalue weighted by Crippen LogP contribution is -2.49. The number of nitrogens with zero attached hydrogens (tertiary/aromatic N) is 3. The molecule has 0 aromatic carbocycles. The lowest BCUT2D eigenvalue weighted by atomic mass is 10.1. The second-order valence-corrected chi connectivity index (χ2v) is 6.73. The van der Waals surface area contributed by atoms with Gasteiger partial charge in [0.05, 0.1) is 12.2 Å². The minimum absolute atomic E-state index is 0.269. The highest BCUT2D eigenvalue weighted by molar-refractivity contribution is 5.80. The predicted octanol–water partition coefficient (Wildman–Crippen LogP) is 0.803. The molecule has 1 saturated heterocycles. The molecule has 4 N–H and O–H groups in total. The standard InChI is InChI=1S/C17H30N6O2/c1-4-19-17(20-10-14-9-15(12(2)3)22-25-14)21-13-5-7-23(8-6-13)11-16(18)24/h9,12-13H,4-8,10-11H2,1-3H3,(H2,18,24)(H2,19,20,21).